The summed E-state index contributed by atoms with van der Waals surface area (Å²) in [5.41, 5.74) is 5.04. The number of methoxy groups -OCH3 is 1. The van der Waals surface area contributed by atoms with Gasteiger partial charge in [-0.3, -0.25) is 20.4 Å². The van der Waals surface area contributed by atoms with E-state index in [0.717, 1.165) is 0 Å². The molecule has 0 aromatic heterocycles. The molecule has 0 saturated carbocycles. The Balaban J connectivity index is 1.78. The summed E-state index contributed by atoms with van der Waals surface area (Å²) in [6, 6.07) is 13.7. The Morgan fingerprint density at radius 1 is 1.00 bits per heavy atom. The number of ether oxygens (including phenoxy) is 2. The maximum absolute atomic E-state index is 11.9. The van der Waals surface area contributed by atoms with Crippen molar-refractivity contribution in [1.29, 1.82) is 0 Å². The van der Waals surface area contributed by atoms with Gasteiger partial charge in [0, 0.05) is 4.47 Å². The van der Waals surface area contributed by atoms with Crippen LogP contribution >= 0.6 is 15.9 Å². The molecule has 2 rings (SSSR count). The largest absolute Gasteiger partial charge is 0.497 e. The van der Waals surface area contributed by atoms with E-state index >= 15 is 0 Å². The highest BCUT2D eigenvalue weighted by Crippen LogP contribution is 2.17. The Hall–Kier alpha value is -2.54. The van der Waals surface area contributed by atoms with E-state index < -0.39 is 11.8 Å². The van der Waals surface area contributed by atoms with Gasteiger partial charge >= 0.3 is 0 Å². The number of hydrazine groups is 1. The topological polar surface area (TPSA) is 76.7 Å². The minimum atomic E-state index is -0.471. The van der Waals surface area contributed by atoms with Crippen LogP contribution in [0.25, 0.3) is 0 Å². The molecule has 0 radical (unpaired) electrons. The zero-order valence-corrected chi connectivity index (χ0v) is 13.9. The first-order valence-corrected chi connectivity index (χ1v) is 7.50. The fourth-order valence-corrected chi connectivity index (χ4v) is 2.16. The first-order valence-electron chi connectivity index (χ1n) is 6.70. The molecule has 2 N–H and O–H groups in total. The third kappa shape index (κ3) is 5.00. The molecule has 0 bridgehead atoms. The highest BCUT2D eigenvalue weighted by Gasteiger charge is 2.10. The summed E-state index contributed by atoms with van der Waals surface area (Å²) < 4.78 is 11.0. The molecule has 23 heavy (non-hydrogen) atoms. The Kier molecular flexibility index (Phi) is 5.99. The van der Waals surface area contributed by atoms with E-state index in [0.29, 0.717) is 21.5 Å². The number of carbonyl (C=O) groups excluding carboxylic acids is 2. The van der Waals surface area contributed by atoms with Gasteiger partial charge in [-0.15, -0.1) is 0 Å². The van der Waals surface area contributed by atoms with Crippen LogP contribution in [-0.4, -0.2) is 25.5 Å². The summed E-state index contributed by atoms with van der Waals surface area (Å²) in [6.45, 7) is -0.220. The molecule has 0 aliphatic carbocycles. The van der Waals surface area contributed by atoms with Crippen LogP contribution in [0.2, 0.25) is 0 Å². The standard InChI is InChI=1S/C16H15BrN2O4/c1-22-11-6-8-12(9-7-11)23-10-15(20)18-19-16(21)13-4-2-3-5-14(13)17/h2-9H,10H2,1H3,(H,18,20)(H,19,21). The summed E-state index contributed by atoms with van der Waals surface area (Å²) in [7, 11) is 1.57. The van der Waals surface area contributed by atoms with Gasteiger partial charge in [-0.2, -0.15) is 0 Å². The molecule has 0 unspecified atom stereocenters. The SMILES string of the molecule is COc1ccc(OCC(=O)NNC(=O)c2ccccc2Br)cc1. The Morgan fingerprint density at radius 2 is 1.65 bits per heavy atom. The van der Waals surface area contributed by atoms with Crippen LogP contribution in [0.3, 0.4) is 0 Å². The van der Waals surface area contributed by atoms with Crippen LogP contribution in [0.15, 0.2) is 53.0 Å². The quantitative estimate of drug-likeness (QED) is 0.782. The number of nitrogens with one attached hydrogen (secondary N) is 2. The predicted octanol–water partition coefficient (Wildman–Crippen LogP) is 2.30. The highest BCUT2D eigenvalue weighted by atomic mass is 79.9. The maximum atomic E-state index is 11.9. The predicted molar refractivity (Wildman–Crippen MR) is 88.2 cm³/mol. The number of benzene rings is 2. The van der Waals surface area contributed by atoms with Crippen LogP contribution in [0.4, 0.5) is 0 Å². The molecule has 2 amide bonds. The van der Waals surface area contributed by atoms with Crippen molar-refractivity contribution in [2.45, 2.75) is 0 Å². The lowest BCUT2D eigenvalue weighted by atomic mass is 10.2. The summed E-state index contributed by atoms with van der Waals surface area (Å²) in [4.78, 5) is 23.6. The summed E-state index contributed by atoms with van der Waals surface area (Å²) in [5.74, 6) is 0.331. The third-order valence-corrected chi connectivity index (χ3v) is 3.55. The lowest BCUT2D eigenvalue weighted by molar-refractivity contribution is -0.123. The van der Waals surface area contributed by atoms with E-state index in [2.05, 4.69) is 26.8 Å². The Labute approximate surface area is 141 Å². The van der Waals surface area contributed by atoms with Crippen molar-refractivity contribution in [1.82, 2.24) is 10.9 Å². The first-order chi connectivity index (χ1) is 11.1. The van der Waals surface area contributed by atoms with E-state index in [-0.39, 0.29) is 6.61 Å². The molecule has 0 heterocycles. The minimum absolute atomic E-state index is 0.220. The molecule has 0 aliphatic rings. The average Bonchev–Trinajstić information content (AvgIpc) is 2.58. The van der Waals surface area contributed by atoms with E-state index in [1.165, 1.54) is 0 Å². The zero-order chi connectivity index (χ0) is 16.7. The number of halogens is 1. The summed E-state index contributed by atoms with van der Waals surface area (Å²) in [6.07, 6.45) is 0. The fraction of sp³-hybridized carbons (Fsp3) is 0.125. The van der Waals surface area contributed by atoms with E-state index in [4.69, 9.17) is 9.47 Å². The normalized spacial score (nSPS) is 9.83. The lowest BCUT2D eigenvalue weighted by Crippen LogP contribution is -2.43. The number of rotatable bonds is 5. The molecule has 0 saturated heterocycles. The van der Waals surface area contributed by atoms with Crippen LogP contribution < -0.4 is 20.3 Å². The van der Waals surface area contributed by atoms with Crippen LogP contribution in [0, 0.1) is 0 Å². The second-order valence-corrected chi connectivity index (χ2v) is 5.30. The van der Waals surface area contributed by atoms with Gasteiger partial charge in [0.2, 0.25) is 0 Å². The molecular formula is C16H15BrN2O4. The Morgan fingerprint density at radius 3 is 2.30 bits per heavy atom. The monoisotopic (exact) mass is 378 g/mol. The van der Waals surface area contributed by atoms with Crippen LogP contribution in [0.1, 0.15) is 10.4 Å². The van der Waals surface area contributed by atoms with Gasteiger partial charge in [0.05, 0.1) is 12.7 Å². The number of hydrogen-bond acceptors (Lipinski definition) is 4. The molecular weight excluding hydrogens is 364 g/mol. The number of amides is 2. The molecule has 120 valence electrons. The van der Waals surface area contributed by atoms with Gasteiger partial charge in [0.1, 0.15) is 11.5 Å². The van der Waals surface area contributed by atoms with Gasteiger partial charge < -0.3 is 9.47 Å². The number of hydrogen-bond donors (Lipinski definition) is 2. The first kappa shape index (κ1) is 16.8. The molecule has 0 fully saturated rings. The van der Waals surface area contributed by atoms with Gasteiger partial charge in [0.25, 0.3) is 11.8 Å². The van der Waals surface area contributed by atoms with E-state index in [1.807, 2.05) is 0 Å². The fourth-order valence-electron chi connectivity index (χ4n) is 1.70. The van der Waals surface area contributed by atoms with Gasteiger partial charge in [-0.25, -0.2) is 0 Å². The van der Waals surface area contributed by atoms with Crippen molar-refractivity contribution in [2.75, 3.05) is 13.7 Å². The second kappa shape index (κ2) is 8.19. The molecule has 6 nitrogen and oxygen atoms in total. The average molecular weight is 379 g/mol. The maximum Gasteiger partial charge on any atom is 0.276 e. The van der Waals surface area contributed by atoms with Crippen molar-refractivity contribution in [2.24, 2.45) is 0 Å². The van der Waals surface area contributed by atoms with Gasteiger partial charge in [-0.05, 0) is 52.3 Å². The molecule has 0 spiro atoms. The minimum Gasteiger partial charge on any atom is -0.497 e. The van der Waals surface area contributed by atoms with Crippen molar-refractivity contribution in [3.63, 3.8) is 0 Å². The van der Waals surface area contributed by atoms with Crippen LogP contribution in [0.5, 0.6) is 11.5 Å². The van der Waals surface area contributed by atoms with Crippen molar-refractivity contribution in [3.8, 4) is 11.5 Å². The molecule has 7 heteroatoms. The van der Waals surface area contributed by atoms with Crippen molar-refractivity contribution in [3.05, 3.63) is 58.6 Å². The van der Waals surface area contributed by atoms with Crippen molar-refractivity contribution >= 4 is 27.7 Å². The lowest BCUT2D eigenvalue weighted by Gasteiger charge is -2.10. The third-order valence-electron chi connectivity index (χ3n) is 2.86. The van der Waals surface area contributed by atoms with Gasteiger partial charge in [-0.1, -0.05) is 12.1 Å². The summed E-state index contributed by atoms with van der Waals surface area (Å²) in [5, 5.41) is 0. The summed E-state index contributed by atoms with van der Waals surface area (Å²) >= 11 is 3.27. The zero-order valence-electron chi connectivity index (χ0n) is 12.3. The highest BCUT2D eigenvalue weighted by molar-refractivity contribution is 9.10. The Bertz CT molecular complexity index is 689. The molecule has 0 atom stereocenters. The van der Waals surface area contributed by atoms with Crippen LogP contribution in [-0.2, 0) is 4.79 Å². The van der Waals surface area contributed by atoms with Gasteiger partial charge in [0.15, 0.2) is 6.61 Å². The van der Waals surface area contributed by atoms with E-state index in [1.54, 1.807) is 55.6 Å². The number of carbonyl (C=O) groups is 2. The second-order valence-electron chi connectivity index (χ2n) is 4.45. The smallest absolute Gasteiger partial charge is 0.276 e. The van der Waals surface area contributed by atoms with E-state index in [9.17, 15) is 9.59 Å². The molecule has 0 aliphatic heterocycles. The van der Waals surface area contributed by atoms with Crippen molar-refractivity contribution < 1.29 is 19.1 Å². The molecule has 2 aromatic carbocycles. The molecule has 2 aromatic rings.